The Labute approximate surface area is 194 Å². The zero-order valence-corrected chi connectivity index (χ0v) is 19.6. The van der Waals surface area contributed by atoms with Gasteiger partial charge in [-0.15, -0.1) is 8.28 Å². The monoisotopic (exact) mass is 500 g/mol. The fourth-order valence-electron chi connectivity index (χ4n) is 2.67. The molecular weight excluding hydrogens is 478 g/mol. The van der Waals surface area contributed by atoms with Gasteiger partial charge < -0.3 is 15.2 Å². The summed E-state index contributed by atoms with van der Waals surface area (Å²) in [5.41, 5.74) is 6.82. The van der Waals surface area contributed by atoms with E-state index in [9.17, 15) is 21.5 Å². The van der Waals surface area contributed by atoms with Gasteiger partial charge in [0, 0.05) is 23.5 Å². The minimum atomic E-state index is -4.20. The first-order valence-electron chi connectivity index (χ1n) is 9.50. The number of hydrogen-bond donors (Lipinski definition) is 1. The van der Waals surface area contributed by atoms with Gasteiger partial charge in [0.05, 0.1) is 19.3 Å². The molecule has 0 unspecified atom stereocenters. The van der Waals surface area contributed by atoms with E-state index >= 15 is 0 Å². The lowest BCUT2D eigenvalue weighted by Gasteiger charge is -2.18. The second-order valence-electron chi connectivity index (χ2n) is 6.90. The van der Waals surface area contributed by atoms with Gasteiger partial charge in [-0.05, 0) is 35.7 Å². The van der Waals surface area contributed by atoms with E-state index < -0.39 is 57.3 Å². The molecule has 9 nitrogen and oxygen atoms in total. The number of carbonyl (C=O) groups is 1. The van der Waals surface area contributed by atoms with Crippen molar-refractivity contribution >= 4 is 39.3 Å². The van der Waals surface area contributed by atoms with Crippen LogP contribution in [0.25, 0.3) is 11.1 Å². The maximum absolute atomic E-state index is 14.4. The quantitative estimate of drug-likeness (QED) is 0.264. The molecule has 1 heterocycles. The average Bonchev–Trinajstić information content (AvgIpc) is 2.78. The number of aliphatic imine (C=N–C) groups is 1. The molecule has 1 aromatic heterocycles. The number of nitrogens with two attached hydrogens (primary N) is 1. The van der Waals surface area contributed by atoms with Gasteiger partial charge in [-0.1, -0.05) is 13.8 Å². The summed E-state index contributed by atoms with van der Waals surface area (Å²) in [6, 6.07) is 4.95. The number of esters is 1. The molecule has 0 saturated carbocycles. The van der Waals surface area contributed by atoms with E-state index in [-0.39, 0.29) is 11.7 Å². The number of halogens is 2. The van der Waals surface area contributed by atoms with Crippen LogP contribution >= 0.6 is 12.3 Å². The summed E-state index contributed by atoms with van der Waals surface area (Å²) in [6.07, 6.45) is 2.53. The van der Waals surface area contributed by atoms with Crippen LogP contribution in [0.4, 0.5) is 8.28 Å². The number of nitrogens with zero attached hydrogens (tertiary/aromatic N) is 3. The molecule has 33 heavy (non-hydrogen) atoms. The molecule has 178 valence electrons. The van der Waals surface area contributed by atoms with E-state index in [1.54, 1.807) is 26.0 Å². The number of methoxy groups -OCH3 is 1. The Morgan fingerprint density at radius 3 is 2.52 bits per heavy atom. The highest BCUT2D eigenvalue weighted by molar-refractivity contribution is 8.06. The average molecular weight is 501 g/mol. The zero-order valence-electron chi connectivity index (χ0n) is 18.0. The van der Waals surface area contributed by atoms with Gasteiger partial charge in [-0.3, -0.25) is 9.78 Å². The van der Waals surface area contributed by atoms with E-state index in [0.29, 0.717) is 16.7 Å². The van der Waals surface area contributed by atoms with Crippen molar-refractivity contribution in [1.29, 1.82) is 0 Å². The van der Waals surface area contributed by atoms with Gasteiger partial charge in [0.2, 0.25) is 15.0 Å². The minimum absolute atomic E-state index is 0.0916. The molecule has 0 aliphatic rings. The van der Waals surface area contributed by atoms with Crippen LogP contribution < -0.4 is 10.5 Å². The lowest BCUT2D eigenvalue weighted by Crippen LogP contribution is -2.29. The Morgan fingerprint density at radius 2 is 1.94 bits per heavy atom. The lowest BCUT2D eigenvalue weighted by molar-refractivity contribution is -0.140. The van der Waals surface area contributed by atoms with E-state index in [1.165, 1.54) is 24.5 Å². The smallest absolute Gasteiger partial charge is 0.333 e. The van der Waals surface area contributed by atoms with Crippen molar-refractivity contribution < 1.29 is 31.0 Å². The van der Waals surface area contributed by atoms with Crippen LogP contribution in [0.15, 0.2) is 46.0 Å². The molecule has 0 radical (unpaired) electrons. The lowest BCUT2D eigenvalue weighted by atomic mass is 9.95. The zero-order chi connectivity index (χ0) is 24.6. The van der Waals surface area contributed by atoms with Crippen LogP contribution in [0.5, 0.6) is 5.75 Å². The first kappa shape index (κ1) is 26.2. The van der Waals surface area contributed by atoms with E-state index in [2.05, 4.69) is 19.1 Å². The van der Waals surface area contributed by atoms with Crippen molar-refractivity contribution in [3.05, 3.63) is 48.0 Å². The topological polar surface area (TPSA) is 133 Å². The molecule has 0 saturated heterocycles. The summed E-state index contributed by atoms with van der Waals surface area (Å²) in [5.74, 6) is -2.12. The highest BCUT2D eigenvalue weighted by Gasteiger charge is 2.23. The van der Waals surface area contributed by atoms with Crippen molar-refractivity contribution in [2.24, 2.45) is 15.1 Å². The minimum Gasteiger partial charge on any atom is -0.469 e. The third-order valence-corrected chi connectivity index (χ3v) is 6.02. The fraction of sp³-hybridized carbons (Fsp3) is 0.300. The van der Waals surface area contributed by atoms with Gasteiger partial charge in [0.1, 0.15) is 11.6 Å². The molecule has 0 fully saturated rings. The number of amidine groups is 2. The molecular formula is C20H22F2N4O5S2. The van der Waals surface area contributed by atoms with Crippen LogP contribution in [0.1, 0.15) is 31.7 Å². The fourth-order valence-corrected chi connectivity index (χ4v) is 3.67. The van der Waals surface area contributed by atoms with Crippen molar-refractivity contribution in [3.8, 4) is 16.9 Å². The molecule has 2 aromatic rings. The molecule has 1 aromatic carbocycles. The number of sulfone groups is 1. The summed E-state index contributed by atoms with van der Waals surface area (Å²) < 4.78 is 65.4. The molecule has 0 atom stereocenters. The summed E-state index contributed by atoms with van der Waals surface area (Å²) >= 11 is -0.530. The Hall–Kier alpha value is -3.06. The predicted octanol–water partition coefficient (Wildman–Crippen LogP) is 3.57. The van der Waals surface area contributed by atoms with Crippen LogP contribution in [0.2, 0.25) is 0 Å². The number of benzene rings is 1. The number of aromatic nitrogens is 1. The molecule has 2 N–H and O–H groups in total. The van der Waals surface area contributed by atoms with Gasteiger partial charge in [-0.2, -0.15) is 4.99 Å². The van der Waals surface area contributed by atoms with Crippen molar-refractivity contribution in [2.75, 3.05) is 12.9 Å². The second kappa shape index (κ2) is 11.7. The summed E-state index contributed by atoms with van der Waals surface area (Å²) in [4.78, 5) is 18.8. The third kappa shape index (κ3) is 7.22. The summed E-state index contributed by atoms with van der Waals surface area (Å²) in [7, 11) is -3.09. The molecule has 0 spiro atoms. The van der Waals surface area contributed by atoms with Crippen molar-refractivity contribution in [2.45, 2.75) is 26.2 Å². The number of ether oxygens (including phenoxy) is 2. The molecule has 0 bridgehead atoms. The van der Waals surface area contributed by atoms with Crippen LogP contribution in [0.3, 0.4) is 0 Å². The van der Waals surface area contributed by atoms with Crippen LogP contribution in [-0.4, -0.2) is 43.4 Å². The first-order valence-corrected chi connectivity index (χ1v) is 11.8. The van der Waals surface area contributed by atoms with E-state index in [4.69, 9.17) is 10.5 Å². The van der Waals surface area contributed by atoms with E-state index in [0.717, 1.165) is 7.11 Å². The number of rotatable bonds is 7. The Morgan fingerprint density at radius 1 is 1.27 bits per heavy atom. The highest BCUT2D eigenvalue weighted by Crippen LogP contribution is 2.38. The predicted molar refractivity (Wildman–Crippen MR) is 123 cm³/mol. The molecule has 0 amide bonds. The van der Waals surface area contributed by atoms with Crippen molar-refractivity contribution in [1.82, 2.24) is 4.98 Å². The Bertz CT molecular complexity index is 1160. The maximum Gasteiger partial charge on any atom is 0.333 e. The van der Waals surface area contributed by atoms with Gasteiger partial charge in [0.25, 0.3) is 0 Å². The van der Waals surface area contributed by atoms with Crippen LogP contribution in [-0.2, 0) is 19.4 Å². The molecule has 2 rings (SSSR count). The Balaban J connectivity index is 2.52. The Kier molecular flexibility index (Phi) is 9.29. The maximum atomic E-state index is 14.4. The number of carbonyl (C=O) groups excluding carboxylic acids is 1. The second-order valence-corrected chi connectivity index (χ2v) is 9.28. The first-order chi connectivity index (χ1) is 15.6. The van der Waals surface area contributed by atoms with Crippen molar-refractivity contribution in [3.63, 3.8) is 0 Å². The SMILES string of the molecule is COC(=O)CCS(=O)(=O)/C(N)=N/C(=N/SF)Oc1c(-c2ccncc2)cc(F)cc1C(C)C. The molecule has 0 aliphatic carbocycles. The summed E-state index contributed by atoms with van der Waals surface area (Å²) in [5, 5.41) is -0.933. The van der Waals surface area contributed by atoms with E-state index in [1.807, 2.05) is 0 Å². The van der Waals surface area contributed by atoms with Crippen LogP contribution in [0, 0.1) is 5.82 Å². The highest BCUT2D eigenvalue weighted by atomic mass is 32.2. The summed E-state index contributed by atoms with van der Waals surface area (Å²) in [6.45, 7) is 3.57. The van der Waals surface area contributed by atoms with Gasteiger partial charge >= 0.3 is 12.0 Å². The number of pyridine rings is 1. The van der Waals surface area contributed by atoms with Gasteiger partial charge in [0.15, 0.2) is 12.3 Å². The standard InChI is InChI=1S/C20H22F2N4O5S2/c1-12(2)15-10-14(21)11-16(13-4-7-24-8-5-13)18(15)31-20(26-32-22)25-19(23)33(28,29)9-6-17(27)30-3/h4-5,7-8,10-12H,6,9H2,1-3H3,(H2,23,25,26). The molecule has 13 heteroatoms. The molecule has 0 aliphatic heterocycles. The van der Waals surface area contributed by atoms with Gasteiger partial charge in [-0.25, -0.2) is 12.8 Å². The third-order valence-electron chi connectivity index (χ3n) is 4.33. The number of hydrogen-bond acceptors (Lipinski definition) is 8. The normalized spacial score (nSPS) is 12.7. The largest absolute Gasteiger partial charge is 0.469 e.